The smallest absolute Gasteiger partial charge is 0.444 e. The van der Waals surface area contributed by atoms with E-state index in [-0.39, 0.29) is 0 Å². The highest BCUT2D eigenvalue weighted by Crippen LogP contribution is 2.39. The second-order valence-corrected chi connectivity index (χ2v) is 6.41. The molecule has 6 heteroatoms. The summed E-state index contributed by atoms with van der Waals surface area (Å²) in [6.07, 6.45) is 3.10. The van der Waals surface area contributed by atoms with Gasteiger partial charge < -0.3 is 13.7 Å². The van der Waals surface area contributed by atoms with Crippen molar-refractivity contribution in [3.8, 4) is 11.3 Å². The van der Waals surface area contributed by atoms with Crippen LogP contribution < -0.4 is 5.46 Å². The molecule has 1 aromatic carbocycles. The number of aromatic nitrogens is 1. The lowest BCUT2D eigenvalue weighted by atomic mass is 9.78. The Morgan fingerprint density at radius 1 is 1.20 bits per heavy atom. The molecular weight excluding hydrogens is 273 g/mol. The quantitative estimate of drug-likeness (QED) is 0.681. The monoisotopic (exact) mass is 289 g/mol. The van der Waals surface area contributed by atoms with Crippen molar-refractivity contribution in [1.29, 1.82) is 0 Å². The van der Waals surface area contributed by atoms with Crippen LogP contribution in [-0.2, 0) is 9.31 Å². The lowest BCUT2D eigenvalue weighted by molar-refractivity contribution is 0.0619. The molecule has 0 bridgehead atoms. The van der Waals surface area contributed by atoms with Crippen LogP contribution in [-0.4, -0.2) is 22.6 Å². The molecule has 0 aliphatic carbocycles. The van der Waals surface area contributed by atoms with Crippen molar-refractivity contribution in [2.75, 3.05) is 0 Å². The number of rotatable bonds is 2. The van der Waals surface area contributed by atoms with Gasteiger partial charge in [-0.15, -0.1) is 12.6 Å². The fraction of sp³-hybridized carbons (Fsp3) is 0.357. The van der Waals surface area contributed by atoms with Gasteiger partial charge in [0.2, 0.25) is 0 Å². The Balaban J connectivity index is 1.91. The third kappa shape index (κ3) is 2.28. The predicted molar refractivity (Wildman–Crippen MR) is 81.0 cm³/mol. The van der Waals surface area contributed by atoms with Gasteiger partial charge in [-0.3, -0.25) is 0 Å². The SMILES string of the molecule is CC1(C)OB(c2cccc(-c3cnco3)c2)OC1(C)S. The van der Waals surface area contributed by atoms with E-state index in [4.69, 9.17) is 13.7 Å². The summed E-state index contributed by atoms with van der Waals surface area (Å²) >= 11 is 4.55. The molecule has 1 saturated heterocycles. The molecule has 4 nitrogen and oxygen atoms in total. The van der Waals surface area contributed by atoms with Gasteiger partial charge >= 0.3 is 7.12 Å². The van der Waals surface area contributed by atoms with E-state index in [1.54, 1.807) is 6.20 Å². The zero-order chi connectivity index (χ0) is 14.4. The number of benzene rings is 1. The Kier molecular flexibility index (Phi) is 3.19. The number of nitrogens with zero attached hydrogens (tertiary/aromatic N) is 1. The van der Waals surface area contributed by atoms with Gasteiger partial charge in [0.15, 0.2) is 12.2 Å². The average molecular weight is 289 g/mol. The largest absolute Gasteiger partial charge is 0.495 e. The summed E-state index contributed by atoms with van der Waals surface area (Å²) in [4.78, 5) is 3.29. The number of oxazole rings is 1. The molecule has 20 heavy (non-hydrogen) atoms. The van der Waals surface area contributed by atoms with E-state index in [2.05, 4.69) is 17.6 Å². The van der Waals surface area contributed by atoms with Crippen LogP contribution in [0.2, 0.25) is 0 Å². The van der Waals surface area contributed by atoms with Crippen molar-refractivity contribution in [3.63, 3.8) is 0 Å². The maximum absolute atomic E-state index is 5.98. The molecule has 3 rings (SSSR count). The van der Waals surface area contributed by atoms with Crippen LogP contribution >= 0.6 is 12.6 Å². The van der Waals surface area contributed by atoms with Gasteiger partial charge in [0.05, 0.1) is 11.8 Å². The molecule has 0 saturated carbocycles. The van der Waals surface area contributed by atoms with Gasteiger partial charge in [-0.2, -0.15) is 0 Å². The molecule has 1 unspecified atom stereocenters. The predicted octanol–water partition coefficient (Wildman–Crippen LogP) is 2.51. The topological polar surface area (TPSA) is 44.5 Å². The summed E-state index contributed by atoms with van der Waals surface area (Å²) < 4.78 is 17.2. The first-order valence-electron chi connectivity index (χ1n) is 6.46. The van der Waals surface area contributed by atoms with Gasteiger partial charge in [0.25, 0.3) is 0 Å². The molecule has 1 aliphatic rings. The van der Waals surface area contributed by atoms with Crippen LogP contribution in [0, 0.1) is 0 Å². The third-order valence-corrected chi connectivity index (χ3v) is 4.37. The van der Waals surface area contributed by atoms with Crippen LogP contribution in [0.4, 0.5) is 0 Å². The maximum Gasteiger partial charge on any atom is 0.495 e. The molecule has 1 aliphatic heterocycles. The molecule has 104 valence electrons. The summed E-state index contributed by atoms with van der Waals surface area (Å²) in [5, 5.41) is 0. The molecule has 0 radical (unpaired) electrons. The van der Waals surface area contributed by atoms with Crippen molar-refractivity contribution in [2.45, 2.75) is 31.3 Å². The van der Waals surface area contributed by atoms with Crippen molar-refractivity contribution in [1.82, 2.24) is 4.98 Å². The summed E-state index contributed by atoms with van der Waals surface area (Å²) in [6.45, 7) is 5.86. The minimum atomic E-state index is -0.639. The fourth-order valence-corrected chi connectivity index (χ4v) is 2.23. The molecular formula is C14H16BNO3S. The van der Waals surface area contributed by atoms with Crippen LogP contribution in [0.25, 0.3) is 11.3 Å². The number of thiol groups is 1. The standard InChI is InChI=1S/C14H16BNO3S/c1-13(2)14(3,20)19-15(18-13)11-6-4-5-10(7-11)12-8-16-9-17-12/h4-9,20H,1-3H3. The Labute approximate surface area is 124 Å². The summed E-state index contributed by atoms with van der Waals surface area (Å²) in [6, 6.07) is 7.86. The third-order valence-electron chi connectivity index (χ3n) is 3.73. The van der Waals surface area contributed by atoms with Crippen molar-refractivity contribution in [2.24, 2.45) is 0 Å². The highest BCUT2D eigenvalue weighted by atomic mass is 32.1. The minimum absolute atomic E-state index is 0.435. The second kappa shape index (κ2) is 4.65. The van der Waals surface area contributed by atoms with Crippen LogP contribution in [0.15, 0.2) is 41.3 Å². The first kappa shape index (κ1) is 13.7. The number of hydrogen-bond donors (Lipinski definition) is 1. The van der Waals surface area contributed by atoms with Crippen molar-refractivity contribution < 1.29 is 13.7 Å². The fourth-order valence-electron chi connectivity index (χ4n) is 2.08. The molecule has 2 heterocycles. The molecule has 0 N–H and O–H groups in total. The molecule has 1 atom stereocenters. The van der Waals surface area contributed by atoms with Crippen molar-refractivity contribution >= 4 is 25.2 Å². The van der Waals surface area contributed by atoms with E-state index >= 15 is 0 Å². The summed E-state index contributed by atoms with van der Waals surface area (Å²) in [5.41, 5.74) is 1.41. The Morgan fingerprint density at radius 3 is 2.60 bits per heavy atom. The first-order chi connectivity index (χ1) is 9.39. The van der Waals surface area contributed by atoms with E-state index in [0.717, 1.165) is 16.8 Å². The van der Waals surface area contributed by atoms with E-state index in [1.807, 2.05) is 45.0 Å². The lowest BCUT2D eigenvalue weighted by Crippen LogP contribution is -2.39. The Bertz CT molecular complexity index is 597. The van der Waals surface area contributed by atoms with Crippen LogP contribution in [0.3, 0.4) is 0 Å². The van der Waals surface area contributed by atoms with E-state index < -0.39 is 17.7 Å². The zero-order valence-electron chi connectivity index (χ0n) is 11.7. The average Bonchev–Trinajstić information content (AvgIpc) is 2.97. The summed E-state index contributed by atoms with van der Waals surface area (Å²) in [5.74, 6) is 0.720. The van der Waals surface area contributed by atoms with Crippen molar-refractivity contribution in [3.05, 3.63) is 36.9 Å². The van der Waals surface area contributed by atoms with E-state index in [0.29, 0.717) is 0 Å². The minimum Gasteiger partial charge on any atom is -0.444 e. The Hall–Kier alpha value is -1.24. The zero-order valence-corrected chi connectivity index (χ0v) is 12.6. The number of hydrogen-bond acceptors (Lipinski definition) is 5. The van der Waals surface area contributed by atoms with E-state index in [1.165, 1.54) is 6.39 Å². The van der Waals surface area contributed by atoms with Gasteiger partial charge in [0, 0.05) is 5.56 Å². The molecule has 2 aromatic rings. The lowest BCUT2D eigenvalue weighted by Gasteiger charge is -2.31. The van der Waals surface area contributed by atoms with Crippen LogP contribution in [0.1, 0.15) is 20.8 Å². The molecule has 0 spiro atoms. The molecule has 1 aromatic heterocycles. The van der Waals surface area contributed by atoms with Gasteiger partial charge in [0.1, 0.15) is 4.93 Å². The molecule has 0 amide bonds. The summed E-state index contributed by atoms with van der Waals surface area (Å²) in [7, 11) is -0.435. The van der Waals surface area contributed by atoms with E-state index in [9.17, 15) is 0 Å². The second-order valence-electron chi connectivity index (χ2n) is 5.55. The maximum atomic E-state index is 5.98. The molecule has 1 fully saturated rings. The highest BCUT2D eigenvalue weighted by molar-refractivity contribution is 7.81. The van der Waals surface area contributed by atoms with Crippen LogP contribution in [0.5, 0.6) is 0 Å². The normalized spacial score (nSPS) is 25.1. The van der Waals surface area contributed by atoms with Gasteiger partial charge in [-0.25, -0.2) is 4.98 Å². The van der Waals surface area contributed by atoms with Gasteiger partial charge in [-0.1, -0.05) is 24.3 Å². The highest BCUT2D eigenvalue weighted by Gasteiger charge is 2.52. The van der Waals surface area contributed by atoms with Gasteiger partial charge in [-0.05, 0) is 26.2 Å². The Morgan fingerprint density at radius 2 is 2.00 bits per heavy atom. The first-order valence-corrected chi connectivity index (χ1v) is 6.91.